The fourth-order valence-electron chi connectivity index (χ4n) is 4.92. The van der Waals surface area contributed by atoms with Gasteiger partial charge >= 0.3 is 0 Å². The molecule has 1 amide bonds. The molecule has 4 heterocycles. The summed E-state index contributed by atoms with van der Waals surface area (Å²) in [6.07, 6.45) is 4.08. The molecule has 0 bridgehead atoms. The van der Waals surface area contributed by atoms with Crippen LogP contribution in [0.1, 0.15) is 29.7 Å². The zero-order valence-corrected chi connectivity index (χ0v) is 18.6. The summed E-state index contributed by atoms with van der Waals surface area (Å²) >= 11 is 0. The number of aliphatic hydroxyl groups excluding tert-OH is 1. The Kier molecular flexibility index (Phi) is 5.86. The van der Waals surface area contributed by atoms with Gasteiger partial charge in [-0.15, -0.1) is 0 Å². The number of nitrogens with zero attached hydrogens (tertiary/aromatic N) is 2. The smallest absolute Gasteiger partial charge is 0.295 e. The average molecular weight is 451 g/mol. The number of benzene rings is 1. The SMILES string of the molecule is C[C@H]1Cc2cc(C(O)=C3C(=O)C(=O)N(CC[NH+]4CCOCC4)[C@H]3c3ccncc3)ccc2O1. The Hall–Kier alpha value is -3.23. The van der Waals surface area contributed by atoms with Crippen molar-refractivity contribution in [3.63, 3.8) is 0 Å². The Morgan fingerprint density at radius 1 is 1.18 bits per heavy atom. The molecule has 0 saturated carbocycles. The Balaban J connectivity index is 1.51. The van der Waals surface area contributed by atoms with Gasteiger partial charge in [0.2, 0.25) is 0 Å². The summed E-state index contributed by atoms with van der Waals surface area (Å²) < 4.78 is 11.2. The Labute approximate surface area is 192 Å². The summed E-state index contributed by atoms with van der Waals surface area (Å²) in [5.74, 6) is -0.599. The highest BCUT2D eigenvalue weighted by Crippen LogP contribution is 2.40. The van der Waals surface area contributed by atoms with Gasteiger partial charge in [0.15, 0.2) is 0 Å². The summed E-state index contributed by atoms with van der Waals surface area (Å²) in [5.41, 5.74) is 2.37. The van der Waals surface area contributed by atoms with Crippen molar-refractivity contribution >= 4 is 17.4 Å². The van der Waals surface area contributed by atoms with Crippen LogP contribution in [0.15, 0.2) is 48.3 Å². The zero-order valence-electron chi connectivity index (χ0n) is 18.6. The van der Waals surface area contributed by atoms with E-state index in [1.54, 1.807) is 35.5 Å². The highest BCUT2D eigenvalue weighted by molar-refractivity contribution is 6.46. The molecule has 0 aliphatic carbocycles. The van der Waals surface area contributed by atoms with Crippen molar-refractivity contribution in [1.29, 1.82) is 0 Å². The fourth-order valence-corrected chi connectivity index (χ4v) is 4.92. The number of pyridine rings is 1. The monoisotopic (exact) mass is 450 g/mol. The van der Waals surface area contributed by atoms with Gasteiger partial charge in [-0.3, -0.25) is 14.6 Å². The van der Waals surface area contributed by atoms with E-state index < -0.39 is 17.7 Å². The minimum absolute atomic E-state index is 0.0717. The minimum Gasteiger partial charge on any atom is -0.507 e. The standard InChI is InChI=1S/C25H27N3O5/c1-16-14-19-15-18(2-3-20(19)33-16)23(29)21-22(17-4-6-26-7-5-17)28(25(31)24(21)30)9-8-27-10-12-32-13-11-27/h2-7,15-16,22,29H,8-14H2,1H3/p+1/t16-,22-/m0/s1. The number of carbonyl (C=O) groups is 2. The maximum absolute atomic E-state index is 13.2. The predicted octanol–water partition coefficient (Wildman–Crippen LogP) is 0.742. The number of carbonyl (C=O) groups excluding carboxylic acids is 2. The number of hydrogen-bond acceptors (Lipinski definition) is 6. The molecule has 0 radical (unpaired) electrons. The number of morpholine rings is 1. The molecular formula is C25H28N3O5+. The van der Waals surface area contributed by atoms with E-state index in [9.17, 15) is 14.7 Å². The molecule has 2 atom stereocenters. The van der Waals surface area contributed by atoms with E-state index in [1.807, 2.05) is 19.1 Å². The first-order valence-electron chi connectivity index (χ1n) is 11.4. The largest absolute Gasteiger partial charge is 0.507 e. The van der Waals surface area contributed by atoms with Crippen molar-refractivity contribution in [1.82, 2.24) is 9.88 Å². The summed E-state index contributed by atoms with van der Waals surface area (Å²) in [6.45, 7) is 6.26. The van der Waals surface area contributed by atoms with E-state index in [2.05, 4.69) is 4.98 Å². The number of aliphatic hydroxyl groups is 1. The van der Waals surface area contributed by atoms with Gasteiger partial charge in [-0.1, -0.05) is 0 Å². The molecule has 1 aromatic heterocycles. The lowest BCUT2D eigenvalue weighted by Gasteiger charge is -2.29. The van der Waals surface area contributed by atoms with E-state index in [0.717, 1.165) is 36.4 Å². The van der Waals surface area contributed by atoms with Gasteiger partial charge in [0, 0.05) is 24.4 Å². The Bertz CT molecular complexity index is 1090. The van der Waals surface area contributed by atoms with E-state index in [0.29, 0.717) is 31.9 Å². The van der Waals surface area contributed by atoms with Gasteiger partial charge in [-0.25, -0.2) is 0 Å². The number of hydrogen-bond donors (Lipinski definition) is 2. The summed E-state index contributed by atoms with van der Waals surface area (Å²) in [4.78, 5) is 33.3. The number of nitrogens with one attached hydrogen (secondary N) is 1. The second-order valence-corrected chi connectivity index (χ2v) is 8.84. The lowest BCUT2D eigenvalue weighted by molar-refractivity contribution is -0.907. The molecule has 2 N–H and O–H groups in total. The van der Waals surface area contributed by atoms with Crippen LogP contribution in [0.5, 0.6) is 5.75 Å². The van der Waals surface area contributed by atoms with Crippen LogP contribution in [-0.2, 0) is 20.7 Å². The molecule has 0 spiro atoms. The quantitative estimate of drug-likeness (QED) is 0.397. The Morgan fingerprint density at radius 2 is 1.94 bits per heavy atom. The van der Waals surface area contributed by atoms with Gasteiger partial charge < -0.3 is 24.4 Å². The maximum Gasteiger partial charge on any atom is 0.295 e. The molecule has 8 nitrogen and oxygen atoms in total. The number of fused-ring (bicyclic) bond motifs is 1. The summed E-state index contributed by atoms with van der Waals surface area (Å²) in [5, 5.41) is 11.3. The molecule has 1 aromatic carbocycles. The zero-order chi connectivity index (χ0) is 22.9. The highest BCUT2D eigenvalue weighted by atomic mass is 16.5. The van der Waals surface area contributed by atoms with Crippen LogP contribution in [0.2, 0.25) is 0 Å². The van der Waals surface area contributed by atoms with E-state index in [1.165, 1.54) is 4.90 Å². The molecule has 2 saturated heterocycles. The third kappa shape index (κ3) is 4.12. The van der Waals surface area contributed by atoms with Crippen LogP contribution in [0.4, 0.5) is 0 Å². The maximum atomic E-state index is 13.2. The number of likely N-dealkylation sites (tertiary alicyclic amines) is 1. The number of rotatable bonds is 5. The number of ether oxygens (including phenoxy) is 2. The topological polar surface area (TPSA) is 93.4 Å². The van der Waals surface area contributed by atoms with Gasteiger partial charge in [0.05, 0.1) is 37.9 Å². The molecule has 3 aliphatic rings. The first kappa shape index (κ1) is 21.6. The van der Waals surface area contributed by atoms with Crippen molar-refractivity contribution in [3.8, 4) is 5.75 Å². The third-order valence-electron chi connectivity index (χ3n) is 6.64. The van der Waals surface area contributed by atoms with Crippen molar-refractivity contribution in [2.75, 3.05) is 39.4 Å². The fraction of sp³-hybridized carbons (Fsp3) is 0.400. The first-order valence-corrected chi connectivity index (χ1v) is 11.4. The molecule has 172 valence electrons. The number of Topliss-reactive ketones (excluding diaryl/α,β-unsaturated/α-hetero) is 1. The minimum atomic E-state index is -0.656. The van der Waals surface area contributed by atoms with Crippen LogP contribution in [0.3, 0.4) is 0 Å². The molecule has 3 aliphatic heterocycles. The Morgan fingerprint density at radius 3 is 2.70 bits per heavy atom. The van der Waals surface area contributed by atoms with Gasteiger partial charge in [-0.2, -0.15) is 0 Å². The molecule has 2 fully saturated rings. The van der Waals surface area contributed by atoms with E-state index in [-0.39, 0.29) is 17.4 Å². The molecule has 2 aromatic rings. The lowest BCUT2D eigenvalue weighted by atomic mass is 9.95. The molecule has 8 heteroatoms. The molecule has 0 unspecified atom stereocenters. The average Bonchev–Trinajstić information content (AvgIpc) is 3.34. The number of aromatic nitrogens is 1. The lowest BCUT2D eigenvalue weighted by Crippen LogP contribution is -3.14. The van der Waals surface area contributed by atoms with Gasteiger partial charge in [0.25, 0.3) is 11.7 Å². The van der Waals surface area contributed by atoms with Crippen molar-refractivity contribution in [3.05, 3.63) is 65.0 Å². The second-order valence-electron chi connectivity index (χ2n) is 8.84. The summed E-state index contributed by atoms with van der Waals surface area (Å²) in [6, 6.07) is 8.32. The van der Waals surface area contributed by atoms with Gasteiger partial charge in [-0.05, 0) is 48.4 Å². The van der Waals surface area contributed by atoms with Crippen LogP contribution in [0.25, 0.3) is 5.76 Å². The first-order chi connectivity index (χ1) is 16.0. The van der Waals surface area contributed by atoms with Crippen LogP contribution in [0, 0.1) is 0 Å². The number of ketones is 1. The van der Waals surface area contributed by atoms with E-state index in [4.69, 9.17) is 9.47 Å². The van der Waals surface area contributed by atoms with Crippen molar-refractivity contribution in [2.24, 2.45) is 0 Å². The van der Waals surface area contributed by atoms with Crippen molar-refractivity contribution in [2.45, 2.75) is 25.5 Å². The second kappa shape index (κ2) is 8.96. The normalized spacial score (nSPS) is 24.7. The van der Waals surface area contributed by atoms with Crippen molar-refractivity contribution < 1.29 is 29.1 Å². The number of amides is 1. The van der Waals surface area contributed by atoms with Gasteiger partial charge in [0.1, 0.15) is 30.7 Å². The molecule has 5 rings (SSSR count). The third-order valence-corrected chi connectivity index (χ3v) is 6.64. The highest BCUT2D eigenvalue weighted by Gasteiger charge is 2.46. The predicted molar refractivity (Wildman–Crippen MR) is 120 cm³/mol. The summed E-state index contributed by atoms with van der Waals surface area (Å²) in [7, 11) is 0. The van der Waals surface area contributed by atoms with Crippen LogP contribution in [-0.4, -0.2) is 72.2 Å². The molecule has 33 heavy (non-hydrogen) atoms. The number of quaternary nitrogens is 1. The molecular weight excluding hydrogens is 422 g/mol. The van der Waals surface area contributed by atoms with E-state index >= 15 is 0 Å². The van der Waals surface area contributed by atoms with Crippen LogP contribution >= 0.6 is 0 Å². The van der Waals surface area contributed by atoms with Crippen LogP contribution < -0.4 is 9.64 Å².